The Kier molecular flexibility index (Phi) is 5.93. The van der Waals surface area contributed by atoms with Crippen LogP contribution in [0.3, 0.4) is 0 Å². The van der Waals surface area contributed by atoms with Crippen molar-refractivity contribution in [3.05, 3.63) is 174 Å². The third-order valence-electron chi connectivity index (χ3n) is 11.7. The van der Waals surface area contributed by atoms with Gasteiger partial charge in [0.1, 0.15) is 0 Å². The van der Waals surface area contributed by atoms with Crippen molar-refractivity contribution in [3.63, 3.8) is 0 Å². The lowest BCUT2D eigenvalue weighted by Crippen LogP contribution is -1.91. The molecule has 0 aliphatic rings. The molecule has 1 heteroatoms. The van der Waals surface area contributed by atoms with Gasteiger partial charge in [-0.3, -0.25) is 0 Å². The van der Waals surface area contributed by atoms with E-state index >= 15 is 0 Å². The zero-order valence-corrected chi connectivity index (χ0v) is 28.9. The summed E-state index contributed by atoms with van der Waals surface area (Å²) in [6.45, 7) is 12.1. The molecule has 0 heterocycles. The van der Waals surface area contributed by atoms with Gasteiger partial charge in [0, 0.05) is 0 Å². The molecule has 0 atom stereocenters. The Morgan fingerprint density at radius 1 is 0.365 bits per heavy atom. The number of hydrogen-bond acceptors (Lipinski definition) is 0. The van der Waals surface area contributed by atoms with E-state index in [2.05, 4.69) is 164 Å². The largest absolute Gasteiger partial charge is 0.238 e. The molecule has 0 spiro atoms. The van der Waals surface area contributed by atoms with E-state index in [-0.39, 0.29) is 0 Å². The van der Waals surface area contributed by atoms with Crippen molar-refractivity contribution < 1.29 is 0 Å². The first-order valence-corrected chi connectivity index (χ1v) is 18.0. The lowest BCUT2D eigenvalue weighted by molar-refractivity contribution is 1.40. The van der Waals surface area contributed by atoms with Crippen molar-refractivity contribution in [1.82, 2.24) is 0 Å². The molecule has 0 saturated carbocycles. The molecule has 0 radical (unpaired) electrons. The van der Waals surface area contributed by atoms with Crippen LogP contribution in [0.15, 0.2) is 152 Å². The van der Waals surface area contributed by atoms with E-state index in [9.17, 15) is 0 Å². The Bertz CT molecular complexity index is 3290. The highest BCUT2D eigenvalue weighted by molar-refractivity contribution is 6.45. The number of rotatable bonds is 3. The van der Waals surface area contributed by atoms with Crippen LogP contribution >= 0.6 is 0 Å². The molecule has 11 rings (SSSR count). The normalized spacial score (nSPS) is 12.0. The quantitative estimate of drug-likeness (QED) is 0.132. The topological polar surface area (TPSA) is 4.36 Å². The first-order chi connectivity index (χ1) is 25.6. The van der Waals surface area contributed by atoms with Crippen LogP contribution in [-0.4, -0.2) is 0 Å². The molecule has 52 heavy (non-hydrogen) atoms. The molecule has 0 unspecified atom stereocenters. The molecule has 0 aliphatic carbocycles. The summed E-state index contributed by atoms with van der Waals surface area (Å²) < 4.78 is 0. The van der Waals surface area contributed by atoms with Crippen LogP contribution in [0, 0.1) is 20.4 Å². The van der Waals surface area contributed by atoms with Crippen LogP contribution in [0.1, 0.15) is 11.1 Å². The Morgan fingerprint density at radius 3 is 1.62 bits per heavy atom. The minimum atomic E-state index is 0.709. The van der Waals surface area contributed by atoms with Gasteiger partial charge in [-0.1, -0.05) is 146 Å². The summed E-state index contributed by atoms with van der Waals surface area (Å²) >= 11 is 0. The molecule has 0 saturated heterocycles. The summed E-state index contributed by atoms with van der Waals surface area (Å²) in [6.07, 6.45) is 0. The lowest BCUT2D eigenvalue weighted by atomic mass is 9.84. The fourth-order valence-electron chi connectivity index (χ4n) is 9.60. The fourth-order valence-corrected chi connectivity index (χ4v) is 9.60. The molecule has 0 aliphatic heterocycles. The van der Waals surface area contributed by atoms with E-state index < -0.39 is 0 Å². The van der Waals surface area contributed by atoms with Gasteiger partial charge < -0.3 is 0 Å². The van der Waals surface area contributed by atoms with Crippen LogP contribution in [-0.2, 0) is 0 Å². The van der Waals surface area contributed by atoms with E-state index in [4.69, 9.17) is 6.57 Å². The smallest absolute Gasteiger partial charge is 0.190 e. The van der Waals surface area contributed by atoms with Crippen molar-refractivity contribution in [2.45, 2.75) is 13.8 Å². The van der Waals surface area contributed by atoms with Gasteiger partial charge in [-0.05, 0) is 140 Å². The number of nitrogens with zero attached hydrogens (tertiary/aromatic N) is 1. The van der Waals surface area contributed by atoms with Crippen molar-refractivity contribution in [1.29, 1.82) is 0 Å². The van der Waals surface area contributed by atoms with Crippen LogP contribution in [0.25, 0.3) is 114 Å². The summed E-state index contributed by atoms with van der Waals surface area (Å²) in [7, 11) is 0. The zero-order chi connectivity index (χ0) is 34.7. The van der Waals surface area contributed by atoms with Crippen molar-refractivity contribution >= 4 is 81.1 Å². The fraction of sp³-hybridized carbons (Fsp3) is 0.0392. The standard InChI is InChI=1S/C51H31N/c1-29-24-27-43(52-3)30(2)44(29)37-25-26-40-47-36(37)21-13-23-39(47)50-45(31-14-6-4-7-15-31)42-28-41-34-19-11-10-18-33(34)35-20-12-22-38(48(35)41)49(42)46(51(40)50)32-16-8-5-9-17-32/h4-28H,1-2H3. The molecule has 0 amide bonds. The van der Waals surface area contributed by atoms with E-state index in [1.54, 1.807) is 0 Å². The van der Waals surface area contributed by atoms with Gasteiger partial charge in [0.2, 0.25) is 0 Å². The second kappa shape index (κ2) is 10.6. The van der Waals surface area contributed by atoms with Crippen LogP contribution in [0.5, 0.6) is 0 Å². The predicted molar refractivity (Wildman–Crippen MR) is 223 cm³/mol. The number of fused-ring (bicyclic) bond motifs is 8. The van der Waals surface area contributed by atoms with Gasteiger partial charge >= 0.3 is 0 Å². The Labute approximate surface area is 301 Å². The van der Waals surface area contributed by atoms with Gasteiger partial charge in [0.15, 0.2) is 5.69 Å². The maximum atomic E-state index is 7.88. The highest BCUT2D eigenvalue weighted by Gasteiger charge is 2.27. The van der Waals surface area contributed by atoms with E-state index in [0.29, 0.717) is 5.69 Å². The van der Waals surface area contributed by atoms with Gasteiger partial charge in [-0.25, -0.2) is 4.85 Å². The van der Waals surface area contributed by atoms with E-state index in [0.717, 1.165) is 11.1 Å². The number of aryl methyl sites for hydroxylation is 1. The van der Waals surface area contributed by atoms with Crippen LogP contribution in [0.4, 0.5) is 5.69 Å². The zero-order valence-electron chi connectivity index (χ0n) is 28.9. The predicted octanol–water partition coefficient (Wildman–Crippen LogP) is 14.8. The molecular formula is C51H31N. The summed E-state index contributed by atoms with van der Waals surface area (Å²) in [6, 6.07) is 55.9. The summed E-state index contributed by atoms with van der Waals surface area (Å²) in [4.78, 5) is 3.89. The summed E-state index contributed by atoms with van der Waals surface area (Å²) in [5.74, 6) is 0. The second-order valence-corrected chi connectivity index (χ2v) is 14.3. The molecule has 240 valence electrons. The molecule has 0 fully saturated rings. The third-order valence-corrected chi connectivity index (χ3v) is 11.7. The maximum Gasteiger partial charge on any atom is 0.190 e. The van der Waals surface area contributed by atoms with Crippen molar-refractivity contribution in [3.8, 4) is 33.4 Å². The molecule has 0 aromatic heterocycles. The first-order valence-electron chi connectivity index (χ1n) is 18.0. The first kappa shape index (κ1) is 29.0. The van der Waals surface area contributed by atoms with Gasteiger partial charge in [0.25, 0.3) is 0 Å². The summed E-state index contributed by atoms with van der Waals surface area (Å²) in [5, 5.41) is 18.1. The monoisotopic (exact) mass is 657 g/mol. The Balaban J connectivity index is 1.45. The highest BCUT2D eigenvalue weighted by Crippen LogP contribution is 2.55. The molecular weight excluding hydrogens is 627 g/mol. The Hall–Kier alpha value is -6.75. The lowest BCUT2D eigenvalue weighted by Gasteiger charge is -2.19. The highest BCUT2D eigenvalue weighted by atomic mass is 14.6. The van der Waals surface area contributed by atoms with Gasteiger partial charge in [0.05, 0.1) is 6.57 Å². The van der Waals surface area contributed by atoms with Gasteiger partial charge in [-0.2, -0.15) is 0 Å². The third kappa shape index (κ3) is 3.71. The maximum absolute atomic E-state index is 7.88. The molecule has 1 nitrogen and oxygen atoms in total. The second-order valence-electron chi connectivity index (χ2n) is 14.3. The Morgan fingerprint density at radius 2 is 0.904 bits per heavy atom. The van der Waals surface area contributed by atoms with Crippen molar-refractivity contribution in [2.24, 2.45) is 0 Å². The average Bonchev–Trinajstić information content (AvgIpc) is 3.70. The van der Waals surface area contributed by atoms with Crippen molar-refractivity contribution in [2.75, 3.05) is 0 Å². The van der Waals surface area contributed by atoms with Crippen LogP contribution in [0.2, 0.25) is 0 Å². The number of benzene rings is 9. The minimum Gasteiger partial charge on any atom is -0.238 e. The molecule has 0 bridgehead atoms. The molecule has 0 N–H and O–H groups in total. The SMILES string of the molecule is [C-]#[N+]c1ccc(C)c(-c2ccc3c4c(-c5ccccc5)c5c(cc6c7ccccc7c7cccc5c76)c(-c5ccccc5)c4c4cccc2c43)c1C. The van der Waals surface area contributed by atoms with Crippen LogP contribution < -0.4 is 0 Å². The average molecular weight is 658 g/mol. The molecule has 11 aromatic rings. The molecule has 11 aromatic carbocycles. The summed E-state index contributed by atoms with van der Waals surface area (Å²) in [5.41, 5.74) is 10.3. The minimum absolute atomic E-state index is 0.709. The number of hydrogen-bond donors (Lipinski definition) is 0. The van der Waals surface area contributed by atoms with E-state index in [1.807, 2.05) is 6.07 Å². The van der Waals surface area contributed by atoms with E-state index in [1.165, 1.54) is 109 Å². The van der Waals surface area contributed by atoms with Gasteiger partial charge in [-0.15, -0.1) is 0 Å².